The van der Waals surface area contributed by atoms with E-state index in [1.54, 1.807) is 17.9 Å². The molecule has 0 bridgehead atoms. The number of anilines is 1. The van der Waals surface area contributed by atoms with Gasteiger partial charge in [-0.3, -0.25) is 9.36 Å². The van der Waals surface area contributed by atoms with Gasteiger partial charge in [-0.25, -0.2) is 15.0 Å². The van der Waals surface area contributed by atoms with Gasteiger partial charge in [-0.1, -0.05) is 25.1 Å². The van der Waals surface area contributed by atoms with Crippen molar-refractivity contribution in [3.63, 3.8) is 0 Å². The summed E-state index contributed by atoms with van der Waals surface area (Å²) in [5.74, 6) is 3.54. The van der Waals surface area contributed by atoms with Crippen LogP contribution in [0.15, 0.2) is 46.4 Å². The summed E-state index contributed by atoms with van der Waals surface area (Å²) < 4.78 is 8.56. The van der Waals surface area contributed by atoms with Crippen LogP contribution < -0.4 is 10.5 Å². The fourth-order valence-corrected chi connectivity index (χ4v) is 4.43. The van der Waals surface area contributed by atoms with E-state index in [1.807, 2.05) is 38.2 Å². The van der Waals surface area contributed by atoms with Gasteiger partial charge in [0.1, 0.15) is 18.7 Å². The van der Waals surface area contributed by atoms with Crippen LogP contribution >= 0.6 is 0 Å². The summed E-state index contributed by atoms with van der Waals surface area (Å²) in [4.78, 5) is 32.3. The molecule has 0 spiro atoms. The smallest absolute Gasteiger partial charge is 0.280 e. The molecule has 4 aromatic rings. The number of rotatable bonds is 4. The minimum Gasteiger partial charge on any atom is -0.356 e. The molecular weight excluding hydrogens is 396 g/mol. The van der Waals surface area contributed by atoms with Gasteiger partial charge in [0.2, 0.25) is 5.89 Å². The summed E-state index contributed by atoms with van der Waals surface area (Å²) >= 11 is 0. The Morgan fingerprint density at radius 3 is 2.61 bits per heavy atom. The third kappa shape index (κ3) is 3.28. The normalized spacial score (nSPS) is 21.6. The molecule has 31 heavy (non-hydrogen) atoms. The molecule has 2 atom stereocenters. The first-order chi connectivity index (χ1) is 15.2. The first kappa shape index (κ1) is 19.4. The van der Waals surface area contributed by atoms with Crippen molar-refractivity contribution in [3.8, 4) is 0 Å². The van der Waals surface area contributed by atoms with Gasteiger partial charge in [-0.15, -0.1) is 0 Å². The van der Waals surface area contributed by atoms with Crippen molar-refractivity contribution in [1.29, 1.82) is 0 Å². The van der Waals surface area contributed by atoms with E-state index in [1.165, 1.54) is 10.9 Å². The van der Waals surface area contributed by atoms with Gasteiger partial charge >= 0.3 is 0 Å². The molecule has 2 fully saturated rings. The van der Waals surface area contributed by atoms with E-state index in [0.717, 1.165) is 24.7 Å². The molecule has 0 aromatic carbocycles. The largest absolute Gasteiger partial charge is 0.356 e. The predicted octanol–water partition coefficient (Wildman–Crippen LogP) is 1.83. The molecule has 4 aromatic heterocycles. The number of nitrogens with zero attached hydrogens (tertiary/aromatic N) is 8. The minimum atomic E-state index is -0.177. The topological polar surface area (TPSA) is 108 Å². The van der Waals surface area contributed by atoms with Crippen molar-refractivity contribution >= 4 is 17.0 Å². The molecule has 2 aliphatic rings. The highest BCUT2D eigenvalue weighted by atomic mass is 16.5. The van der Waals surface area contributed by atoms with E-state index in [4.69, 9.17) is 4.52 Å². The highest BCUT2D eigenvalue weighted by molar-refractivity contribution is 5.68. The van der Waals surface area contributed by atoms with Crippen LogP contribution in [0.4, 0.5) is 5.82 Å². The molecule has 6 rings (SSSR count). The summed E-state index contributed by atoms with van der Waals surface area (Å²) in [5.41, 5.74) is 0.714. The Morgan fingerprint density at radius 1 is 1.10 bits per heavy atom. The quantitative estimate of drug-likeness (QED) is 0.492. The van der Waals surface area contributed by atoms with Crippen LogP contribution in [0.3, 0.4) is 0 Å². The van der Waals surface area contributed by atoms with Gasteiger partial charge < -0.3 is 14.0 Å². The number of hydrogen-bond acceptors (Lipinski definition) is 8. The van der Waals surface area contributed by atoms with Gasteiger partial charge in [0.25, 0.3) is 5.56 Å². The average Bonchev–Trinajstić information content (AvgIpc) is 3.23. The third-order valence-corrected chi connectivity index (χ3v) is 5.96. The lowest BCUT2D eigenvalue weighted by atomic mass is 10.2. The number of pyridine rings is 1. The fourth-order valence-electron chi connectivity index (χ4n) is 4.43. The molecule has 10 heteroatoms. The van der Waals surface area contributed by atoms with Crippen LogP contribution in [-0.2, 0) is 13.6 Å². The zero-order valence-corrected chi connectivity index (χ0v) is 17.7. The molecule has 2 unspecified atom stereocenters. The number of aromatic nitrogens is 7. The zero-order valence-electron chi connectivity index (χ0n) is 17.7. The van der Waals surface area contributed by atoms with Crippen LogP contribution in [0.2, 0.25) is 0 Å². The summed E-state index contributed by atoms with van der Waals surface area (Å²) in [5, 5.41) is 4.18. The summed E-state index contributed by atoms with van der Waals surface area (Å²) in [6.45, 7) is 6.11. The van der Waals surface area contributed by atoms with Gasteiger partial charge in [0.15, 0.2) is 17.0 Å². The van der Waals surface area contributed by atoms with Crippen molar-refractivity contribution < 1.29 is 4.52 Å². The number of imidazole rings is 1. The molecular formula is C21H24N8O2. The van der Waals surface area contributed by atoms with Crippen LogP contribution in [0.25, 0.3) is 11.2 Å². The van der Waals surface area contributed by atoms with Crippen molar-refractivity contribution in [2.45, 2.75) is 26.3 Å². The molecule has 1 saturated carbocycles. The fraction of sp³-hybridized carbons (Fsp3) is 0.429. The number of aryl methyl sites for hydroxylation is 1. The van der Waals surface area contributed by atoms with Gasteiger partial charge in [0, 0.05) is 32.3 Å². The van der Waals surface area contributed by atoms with Crippen LogP contribution in [0.5, 0.6) is 0 Å². The first-order valence-corrected chi connectivity index (χ1v) is 10.5. The molecule has 10 nitrogen and oxygen atoms in total. The summed E-state index contributed by atoms with van der Waals surface area (Å²) in [6, 6.07) is 5.97. The monoisotopic (exact) mass is 420 g/mol. The molecule has 160 valence electrons. The van der Waals surface area contributed by atoms with Crippen molar-refractivity contribution in [2.75, 3.05) is 18.0 Å². The Hall–Kier alpha value is -3.56. The lowest BCUT2D eigenvalue weighted by Gasteiger charge is -2.19. The summed E-state index contributed by atoms with van der Waals surface area (Å²) in [6.07, 6.45) is 4.87. The predicted molar refractivity (Wildman–Crippen MR) is 114 cm³/mol. The molecule has 0 N–H and O–H groups in total. The SMILES string of the molecule is CC.Cn1cnc2ncn(Cc3nc(C4C5CN(c6ccccn6)CC54)no3)c(=O)c21. The van der Waals surface area contributed by atoms with E-state index >= 15 is 0 Å². The lowest BCUT2D eigenvalue weighted by Crippen LogP contribution is -2.24. The maximum atomic E-state index is 12.7. The standard InChI is InChI=1S/C19H18N8O2.C2H6/c1-25-9-21-18-16(25)19(28)27(10-22-18)8-14-23-17(24-29-14)15-11-6-26(7-12(11)15)13-4-2-3-5-20-13;1-2/h2-5,9-12,15H,6-8H2,1H3;1-2H3. The van der Waals surface area contributed by atoms with E-state index in [9.17, 15) is 4.79 Å². The van der Waals surface area contributed by atoms with E-state index in [-0.39, 0.29) is 12.1 Å². The number of fused-ring (bicyclic) bond motifs is 2. The zero-order chi connectivity index (χ0) is 21.5. The van der Waals surface area contributed by atoms with E-state index in [0.29, 0.717) is 34.8 Å². The number of piperidine rings is 1. The Balaban J connectivity index is 0.000000994. The molecule has 1 aliphatic carbocycles. The van der Waals surface area contributed by atoms with Gasteiger partial charge in [-0.05, 0) is 24.0 Å². The van der Waals surface area contributed by atoms with Crippen LogP contribution in [0, 0.1) is 11.8 Å². The Bertz CT molecular complexity index is 1250. The Kier molecular flexibility index (Phi) is 4.76. The van der Waals surface area contributed by atoms with Crippen molar-refractivity contribution in [1.82, 2.24) is 34.2 Å². The molecule has 1 saturated heterocycles. The molecule has 0 radical (unpaired) electrons. The second kappa shape index (κ2) is 7.60. The number of hydrogen-bond donors (Lipinski definition) is 0. The maximum Gasteiger partial charge on any atom is 0.280 e. The second-order valence-corrected chi connectivity index (χ2v) is 7.70. The Labute approximate surface area is 178 Å². The minimum absolute atomic E-state index is 0.177. The second-order valence-electron chi connectivity index (χ2n) is 7.70. The highest BCUT2D eigenvalue weighted by Crippen LogP contribution is 2.57. The average molecular weight is 420 g/mol. The first-order valence-electron chi connectivity index (χ1n) is 10.5. The van der Waals surface area contributed by atoms with E-state index in [2.05, 4.69) is 30.0 Å². The third-order valence-electron chi connectivity index (χ3n) is 5.96. The van der Waals surface area contributed by atoms with Gasteiger partial charge in [0.05, 0.1) is 6.33 Å². The van der Waals surface area contributed by atoms with Crippen LogP contribution in [-0.4, -0.2) is 47.3 Å². The van der Waals surface area contributed by atoms with Crippen molar-refractivity contribution in [3.05, 3.63) is 59.1 Å². The lowest BCUT2D eigenvalue weighted by molar-refractivity contribution is 0.363. The Morgan fingerprint density at radius 2 is 1.87 bits per heavy atom. The summed E-state index contributed by atoms with van der Waals surface area (Å²) in [7, 11) is 1.77. The maximum absolute atomic E-state index is 12.7. The van der Waals surface area contributed by atoms with Crippen molar-refractivity contribution in [2.24, 2.45) is 18.9 Å². The van der Waals surface area contributed by atoms with Gasteiger partial charge in [-0.2, -0.15) is 4.98 Å². The van der Waals surface area contributed by atoms with E-state index < -0.39 is 0 Å². The highest BCUT2D eigenvalue weighted by Gasteiger charge is 2.58. The molecule has 1 aliphatic heterocycles. The molecule has 5 heterocycles. The van der Waals surface area contributed by atoms with Crippen LogP contribution in [0.1, 0.15) is 31.5 Å². The molecule has 0 amide bonds.